The molecule has 0 heterocycles. The van der Waals surface area contributed by atoms with Gasteiger partial charge in [0.15, 0.2) is 0 Å². The van der Waals surface area contributed by atoms with E-state index >= 15 is 0 Å². The van der Waals surface area contributed by atoms with Gasteiger partial charge in [-0.3, -0.25) is 4.79 Å². The smallest absolute Gasteiger partial charge is 0.305 e. The number of esters is 1. The van der Waals surface area contributed by atoms with Crippen LogP contribution in [-0.2, 0) is 16.0 Å². The molecular formula is C10H10BrFO2. The van der Waals surface area contributed by atoms with Crippen molar-refractivity contribution < 1.29 is 13.9 Å². The summed E-state index contributed by atoms with van der Waals surface area (Å²) in [5.41, 5.74) is 0.900. The van der Waals surface area contributed by atoms with Gasteiger partial charge in [0.05, 0.1) is 7.11 Å². The third-order valence-corrected chi connectivity index (χ3v) is 2.58. The van der Waals surface area contributed by atoms with Gasteiger partial charge in [-0.05, 0) is 24.1 Å². The van der Waals surface area contributed by atoms with E-state index in [4.69, 9.17) is 0 Å². The Bertz CT molecular complexity index is 339. The molecule has 0 bridgehead atoms. The number of halogens is 2. The molecular weight excluding hydrogens is 251 g/mol. The number of ether oxygens (including phenoxy) is 1. The Hall–Kier alpha value is -0.900. The molecule has 4 heteroatoms. The number of hydrogen-bond acceptors (Lipinski definition) is 2. The highest BCUT2D eigenvalue weighted by molar-refractivity contribution is 9.10. The van der Waals surface area contributed by atoms with Crippen LogP contribution in [0, 0.1) is 5.82 Å². The van der Waals surface area contributed by atoms with Crippen molar-refractivity contribution >= 4 is 21.9 Å². The zero-order valence-electron chi connectivity index (χ0n) is 7.72. The molecule has 14 heavy (non-hydrogen) atoms. The van der Waals surface area contributed by atoms with E-state index in [9.17, 15) is 9.18 Å². The normalized spacial score (nSPS) is 9.93. The van der Waals surface area contributed by atoms with Gasteiger partial charge in [0.2, 0.25) is 0 Å². The Morgan fingerprint density at radius 2 is 2.29 bits per heavy atom. The van der Waals surface area contributed by atoms with E-state index in [1.807, 2.05) is 0 Å². The number of hydrogen-bond donors (Lipinski definition) is 0. The highest BCUT2D eigenvalue weighted by Crippen LogP contribution is 2.19. The zero-order valence-corrected chi connectivity index (χ0v) is 9.30. The number of rotatable bonds is 3. The number of methoxy groups -OCH3 is 1. The first-order chi connectivity index (χ1) is 6.63. The lowest BCUT2D eigenvalue weighted by Gasteiger charge is -2.03. The van der Waals surface area contributed by atoms with Crippen LogP contribution in [0.25, 0.3) is 0 Å². The Morgan fingerprint density at radius 3 is 2.86 bits per heavy atom. The lowest BCUT2D eigenvalue weighted by molar-refractivity contribution is -0.140. The monoisotopic (exact) mass is 260 g/mol. The summed E-state index contributed by atoms with van der Waals surface area (Å²) in [5.74, 6) is -0.556. The summed E-state index contributed by atoms with van der Waals surface area (Å²) < 4.78 is 17.9. The van der Waals surface area contributed by atoms with Gasteiger partial charge in [0.1, 0.15) is 5.82 Å². The maximum absolute atomic E-state index is 12.7. The summed E-state index contributed by atoms with van der Waals surface area (Å²) in [5, 5.41) is 0. The average molecular weight is 261 g/mol. The second kappa shape index (κ2) is 5.10. The number of carbonyl (C=O) groups is 1. The van der Waals surface area contributed by atoms with Gasteiger partial charge in [-0.2, -0.15) is 0 Å². The second-order valence-corrected chi connectivity index (χ2v) is 3.67. The Morgan fingerprint density at radius 1 is 1.57 bits per heavy atom. The molecule has 76 valence electrons. The largest absolute Gasteiger partial charge is 0.469 e. The van der Waals surface area contributed by atoms with Crippen molar-refractivity contribution in [2.45, 2.75) is 12.8 Å². The molecule has 0 aromatic heterocycles. The van der Waals surface area contributed by atoms with E-state index in [1.165, 1.54) is 19.2 Å². The molecule has 0 aliphatic rings. The van der Waals surface area contributed by atoms with Crippen LogP contribution >= 0.6 is 15.9 Å². The van der Waals surface area contributed by atoms with E-state index in [-0.39, 0.29) is 11.8 Å². The predicted octanol–water partition coefficient (Wildman–Crippen LogP) is 2.69. The van der Waals surface area contributed by atoms with E-state index in [0.29, 0.717) is 17.3 Å². The van der Waals surface area contributed by atoms with Crippen LogP contribution in [-0.4, -0.2) is 13.1 Å². The molecule has 0 fully saturated rings. The lowest BCUT2D eigenvalue weighted by atomic mass is 10.1. The number of aryl methyl sites for hydroxylation is 1. The maximum Gasteiger partial charge on any atom is 0.305 e. The molecule has 0 spiro atoms. The SMILES string of the molecule is COC(=O)CCc1ccc(F)cc1Br. The second-order valence-electron chi connectivity index (χ2n) is 2.81. The molecule has 0 saturated heterocycles. The third kappa shape index (κ3) is 3.10. The average Bonchev–Trinajstić information content (AvgIpc) is 2.16. The topological polar surface area (TPSA) is 26.3 Å². The molecule has 1 rings (SSSR count). The van der Waals surface area contributed by atoms with Crippen LogP contribution < -0.4 is 0 Å². The molecule has 1 aromatic rings. The van der Waals surface area contributed by atoms with Crippen molar-refractivity contribution in [3.8, 4) is 0 Å². The predicted molar refractivity (Wildman–Crippen MR) is 54.4 cm³/mol. The van der Waals surface area contributed by atoms with Crippen LogP contribution in [0.2, 0.25) is 0 Å². The highest BCUT2D eigenvalue weighted by atomic mass is 79.9. The van der Waals surface area contributed by atoms with Gasteiger partial charge >= 0.3 is 5.97 Å². The zero-order chi connectivity index (χ0) is 10.6. The standard InChI is InChI=1S/C10H10BrFO2/c1-14-10(13)5-3-7-2-4-8(12)6-9(7)11/h2,4,6H,3,5H2,1H3. The van der Waals surface area contributed by atoms with E-state index < -0.39 is 0 Å². The first-order valence-electron chi connectivity index (χ1n) is 4.14. The first-order valence-corrected chi connectivity index (χ1v) is 4.93. The van der Waals surface area contributed by atoms with Crippen molar-refractivity contribution in [3.63, 3.8) is 0 Å². The molecule has 1 aromatic carbocycles. The van der Waals surface area contributed by atoms with Gasteiger partial charge in [0.25, 0.3) is 0 Å². The van der Waals surface area contributed by atoms with Crippen LogP contribution in [0.3, 0.4) is 0 Å². The minimum absolute atomic E-state index is 0.263. The number of carbonyl (C=O) groups excluding carboxylic acids is 1. The van der Waals surface area contributed by atoms with Crippen LogP contribution in [0.15, 0.2) is 22.7 Å². The fourth-order valence-electron chi connectivity index (χ4n) is 1.06. The Balaban J connectivity index is 2.63. The molecule has 0 aliphatic heterocycles. The summed E-state index contributed by atoms with van der Waals surface area (Å²) in [4.78, 5) is 10.9. The molecule has 0 radical (unpaired) electrons. The summed E-state index contributed by atoms with van der Waals surface area (Å²) in [6.07, 6.45) is 0.855. The van der Waals surface area contributed by atoms with Crippen molar-refractivity contribution in [1.29, 1.82) is 0 Å². The van der Waals surface area contributed by atoms with Crippen LogP contribution in [0.1, 0.15) is 12.0 Å². The molecule has 0 amide bonds. The maximum atomic E-state index is 12.7. The third-order valence-electron chi connectivity index (χ3n) is 1.84. The quantitative estimate of drug-likeness (QED) is 0.782. The van der Waals surface area contributed by atoms with Gasteiger partial charge < -0.3 is 4.74 Å². The van der Waals surface area contributed by atoms with Crippen molar-refractivity contribution in [2.75, 3.05) is 7.11 Å². The van der Waals surface area contributed by atoms with Gasteiger partial charge in [-0.25, -0.2) is 4.39 Å². The lowest BCUT2D eigenvalue weighted by Crippen LogP contribution is -2.02. The molecule has 0 saturated carbocycles. The Labute approximate surface area is 90.2 Å². The van der Waals surface area contributed by atoms with Gasteiger partial charge in [0, 0.05) is 10.9 Å². The minimum atomic E-state index is -0.293. The van der Waals surface area contributed by atoms with E-state index in [0.717, 1.165) is 5.56 Å². The van der Waals surface area contributed by atoms with E-state index in [2.05, 4.69) is 20.7 Å². The van der Waals surface area contributed by atoms with Crippen molar-refractivity contribution in [2.24, 2.45) is 0 Å². The summed E-state index contributed by atoms with van der Waals surface area (Å²) >= 11 is 3.23. The molecule has 0 aliphatic carbocycles. The Kier molecular flexibility index (Phi) is 4.07. The van der Waals surface area contributed by atoms with Crippen molar-refractivity contribution in [1.82, 2.24) is 0 Å². The molecule has 2 nitrogen and oxygen atoms in total. The minimum Gasteiger partial charge on any atom is -0.469 e. The summed E-state index contributed by atoms with van der Waals surface area (Å²) in [6.45, 7) is 0. The highest BCUT2D eigenvalue weighted by Gasteiger charge is 2.05. The van der Waals surface area contributed by atoms with Gasteiger partial charge in [-0.1, -0.05) is 22.0 Å². The molecule has 0 unspecified atom stereocenters. The van der Waals surface area contributed by atoms with Gasteiger partial charge in [-0.15, -0.1) is 0 Å². The van der Waals surface area contributed by atoms with E-state index in [1.54, 1.807) is 6.07 Å². The first kappa shape index (κ1) is 11.2. The molecule has 0 N–H and O–H groups in total. The fourth-order valence-corrected chi connectivity index (χ4v) is 1.61. The molecule has 0 atom stereocenters. The summed E-state index contributed by atoms with van der Waals surface area (Å²) in [7, 11) is 1.35. The van der Waals surface area contributed by atoms with Crippen molar-refractivity contribution in [3.05, 3.63) is 34.1 Å². The van der Waals surface area contributed by atoms with Crippen LogP contribution in [0.4, 0.5) is 4.39 Å². The summed E-state index contributed by atoms with van der Waals surface area (Å²) in [6, 6.07) is 4.41. The fraction of sp³-hybridized carbons (Fsp3) is 0.300. The number of benzene rings is 1. The van der Waals surface area contributed by atoms with Crippen LogP contribution in [0.5, 0.6) is 0 Å².